The Morgan fingerprint density at radius 3 is 1.59 bits per heavy atom. The average Bonchev–Trinajstić information content (AvgIpc) is 3.14. The van der Waals surface area contributed by atoms with E-state index in [1.165, 1.54) is 43.2 Å². The summed E-state index contributed by atoms with van der Waals surface area (Å²) in [7, 11) is 0. The van der Waals surface area contributed by atoms with E-state index in [1.807, 2.05) is 54.6 Å². The van der Waals surface area contributed by atoms with Crippen molar-refractivity contribution in [3.63, 3.8) is 0 Å². The maximum absolute atomic E-state index is 9.17. The van der Waals surface area contributed by atoms with Crippen molar-refractivity contribution in [1.29, 1.82) is 5.26 Å². The molecule has 2 saturated carbocycles. The van der Waals surface area contributed by atoms with Gasteiger partial charge in [-0.2, -0.15) is 5.26 Å². The number of nitriles is 1. The second-order valence-electron chi connectivity index (χ2n) is 14.5. The van der Waals surface area contributed by atoms with E-state index in [0.29, 0.717) is 28.5 Å². The van der Waals surface area contributed by atoms with Crippen LogP contribution in [-0.2, 0) is 5.41 Å². The number of fused-ring (bicyclic) bond motifs is 2. The summed E-state index contributed by atoms with van der Waals surface area (Å²) < 4.78 is 0. The van der Waals surface area contributed by atoms with Gasteiger partial charge in [-0.1, -0.05) is 123 Å². The minimum atomic E-state index is 0.329. The molecule has 5 aromatic carbocycles. The fraction of sp³-hybridized carbons (Fsp3) is 0.244. The SMILES string of the molecule is C[C@@H]1C[C@@H]2C[C@H](C)CC(c3ccc(-c4cccc(-c5nc(-c6ccccc6)nc(-c6ccc(-c7ccc(C#N)cc7)cc6)n5)c4)cc3)(C1)C2. The van der Waals surface area contributed by atoms with Gasteiger partial charge in [0.15, 0.2) is 17.5 Å². The Kier molecular flexibility index (Phi) is 8.14. The molecule has 4 atom stereocenters. The third-order valence-electron chi connectivity index (χ3n) is 10.7. The van der Waals surface area contributed by atoms with Gasteiger partial charge < -0.3 is 0 Å². The van der Waals surface area contributed by atoms with E-state index < -0.39 is 0 Å². The highest BCUT2D eigenvalue weighted by atomic mass is 15.0. The van der Waals surface area contributed by atoms with Crippen LogP contribution in [0.4, 0.5) is 0 Å². The maximum atomic E-state index is 9.17. The highest BCUT2D eigenvalue weighted by Crippen LogP contribution is 2.54. The van der Waals surface area contributed by atoms with Crippen LogP contribution < -0.4 is 0 Å². The smallest absolute Gasteiger partial charge is 0.164 e. The van der Waals surface area contributed by atoms with Crippen LogP contribution in [0.25, 0.3) is 56.4 Å². The molecule has 6 aromatic rings. The molecule has 0 radical (unpaired) electrons. The molecule has 2 bridgehead atoms. The molecule has 0 saturated heterocycles. The van der Waals surface area contributed by atoms with Crippen LogP contribution in [0.15, 0.2) is 127 Å². The maximum Gasteiger partial charge on any atom is 0.164 e. The Morgan fingerprint density at radius 2 is 0.980 bits per heavy atom. The molecule has 1 unspecified atom stereocenters. The summed E-state index contributed by atoms with van der Waals surface area (Å²) >= 11 is 0. The fourth-order valence-corrected chi connectivity index (χ4v) is 8.81. The zero-order valence-corrected chi connectivity index (χ0v) is 28.2. The lowest BCUT2D eigenvalue weighted by molar-refractivity contribution is 0.0780. The largest absolute Gasteiger partial charge is 0.208 e. The second-order valence-corrected chi connectivity index (χ2v) is 14.5. The van der Waals surface area contributed by atoms with Crippen LogP contribution in [0.1, 0.15) is 57.1 Å². The molecule has 49 heavy (non-hydrogen) atoms. The molecule has 1 heterocycles. The molecule has 2 aliphatic rings. The lowest BCUT2D eigenvalue weighted by Gasteiger charge is -2.50. The van der Waals surface area contributed by atoms with Crippen LogP contribution in [0.3, 0.4) is 0 Å². The number of hydrogen-bond acceptors (Lipinski definition) is 4. The Morgan fingerprint density at radius 1 is 0.510 bits per heavy atom. The van der Waals surface area contributed by atoms with Crippen LogP contribution in [0.2, 0.25) is 0 Å². The Labute approximate surface area is 289 Å². The van der Waals surface area contributed by atoms with E-state index in [1.54, 1.807) is 0 Å². The first-order valence-electron chi connectivity index (χ1n) is 17.6. The molecular formula is C45H40N4. The van der Waals surface area contributed by atoms with Gasteiger partial charge in [-0.25, -0.2) is 15.0 Å². The molecule has 4 nitrogen and oxygen atoms in total. The van der Waals surface area contributed by atoms with Crippen molar-refractivity contribution in [2.24, 2.45) is 17.8 Å². The van der Waals surface area contributed by atoms with Crippen molar-refractivity contribution < 1.29 is 0 Å². The van der Waals surface area contributed by atoms with Gasteiger partial charge in [0.1, 0.15) is 0 Å². The molecule has 0 amide bonds. The summed E-state index contributed by atoms with van der Waals surface area (Å²) in [4.78, 5) is 15.0. The van der Waals surface area contributed by atoms with Gasteiger partial charge in [-0.05, 0) is 101 Å². The van der Waals surface area contributed by atoms with Gasteiger partial charge in [0.2, 0.25) is 0 Å². The van der Waals surface area contributed by atoms with Crippen molar-refractivity contribution in [3.8, 4) is 62.5 Å². The van der Waals surface area contributed by atoms with Gasteiger partial charge in [0, 0.05) is 16.7 Å². The predicted molar refractivity (Wildman–Crippen MR) is 198 cm³/mol. The van der Waals surface area contributed by atoms with E-state index in [0.717, 1.165) is 51.1 Å². The Hall–Kier alpha value is -5.40. The minimum absolute atomic E-state index is 0.329. The highest BCUT2D eigenvalue weighted by Gasteiger charge is 2.45. The third kappa shape index (κ3) is 6.30. The van der Waals surface area contributed by atoms with Gasteiger partial charge >= 0.3 is 0 Å². The summed E-state index contributed by atoms with van der Waals surface area (Å²) in [5.41, 5.74) is 9.82. The summed E-state index contributed by atoms with van der Waals surface area (Å²) in [5, 5.41) is 9.17. The molecule has 0 aliphatic heterocycles. The molecule has 2 fully saturated rings. The van der Waals surface area contributed by atoms with Crippen molar-refractivity contribution in [1.82, 2.24) is 15.0 Å². The quantitative estimate of drug-likeness (QED) is 0.182. The first-order chi connectivity index (χ1) is 23.9. The van der Waals surface area contributed by atoms with Crippen molar-refractivity contribution >= 4 is 0 Å². The highest BCUT2D eigenvalue weighted by molar-refractivity contribution is 5.74. The van der Waals surface area contributed by atoms with Crippen molar-refractivity contribution in [2.75, 3.05) is 0 Å². The fourth-order valence-electron chi connectivity index (χ4n) is 8.81. The lowest BCUT2D eigenvalue weighted by atomic mass is 9.54. The van der Waals surface area contributed by atoms with Gasteiger partial charge in [0.05, 0.1) is 11.6 Å². The van der Waals surface area contributed by atoms with Gasteiger partial charge in [0.25, 0.3) is 0 Å². The van der Waals surface area contributed by atoms with E-state index in [4.69, 9.17) is 15.0 Å². The predicted octanol–water partition coefficient (Wildman–Crippen LogP) is 11.2. The topological polar surface area (TPSA) is 62.5 Å². The minimum Gasteiger partial charge on any atom is -0.208 e. The monoisotopic (exact) mass is 636 g/mol. The van der Waals surface area contributed by atoms with E-state index >= 15 is 0 Å². The zero-order valence-electron chi connectivity index (χ0n) is 28.2. The van der Waals surface area contributed by atoms with E-state index in [-0.39, 0.29) is 0 Å². The molecule has 0 spiro atoms. The summed E-state index contributed by atoms with van der Waals surface area (Å²) in [6.45, 7) is 4.91. The number of nitrogens with zero attached hydrogens (tertiary/aromatic N) is 4. The summed E-state index contributed by atoms with van der Waals surface area (Å²) in [5.74, 6) is 4.40. The molecular weight excluding hydrogens is 597 g/mol. The zero-order chi connectivity index (χ0) is 33.4. The van der Waals surface area contributed by atoms with Crippen molar-refractivity contribution in [2.45, 2.75) is 51.4 Å². The van der Waals surface area contributed by atoms with Crippen LogP contribution in [-0.4, -0.2) is 15.0 Å². The van der Waals surface area contributed by atoms with Gasteiger partial charge in [-0.15, -0.1) is 0 Å². The second kappa shape index (κ2) is 12.9. The van der Waals surface area contributed by atoms with Crippen molar-refractivity contribution in [3.05, 3.63) is 139 Å². The number of benzene rings is 5. The average molecular weight is 637 g/mol. The molecule has 4 heteroatoms. The van der Waals surface area contributed by atoms with Crippen LogP contribution in [0.5, 0.6) is 0 Å². The third-order valence-corrected chi connectivity index (χ3v) is 10.7. The summed E-state index contributed by atoms with van der Waals surface area (Å²) in [6, 6.07) is 46.2. The summed E-state index contributed by atoms with van der Waals surface area (Å²) in [6.07, 6.45) is 6.76. The van der Waals surface area contributed by atoms with Crippen LogP contribution >= 0.6 is 0 Å². The Bertz CT molecular complexity index is 2110. The molecule has 2 aliphatic carbocycles. The first-order valence-corrected chi connectivity index (χ1v) is 17.6. The van der Waals surface area contributed by atoms with E-state index in [2.05, 4.69) is 92.7 Å². The number of aromatic nitrogens is 3. The standard InChI is InChI=1S/C45H40N4/c1-30-23-33-24-31(2)27-45(26-30,28-33)41-21-19-36(20-22-41)39-9-6-10-40(25-39)44-48-42(37-7-4-3-5-8-37)47-43(49-44)38-17-15-35(16-18-38)34-13-11-32(29-46)12-14-34/h3-22,25,30-31,33H,23-24,26-28H2,1-2H3/t30-,31+,33-,45?. The molecule has 1 aromatic heterocycles. The van der Waals surface area contributed by atoms with E-state index in [9.17, 15) is 5.26 Å². The molecule has 8 rings (SSSR count). The number of hydrogen-bond donors (Lipinski definition) is 0. The number of rotatable bonds is 6. The Balaban J connectivity index is 1.13. The molecule has 240 valence electrons. The lowest BCUT2D eigenvalue weighted by Crippen LogP contribution is -2.42. The van der Waals surface area contributed by atoms with Crippen LogP contribution in [0, 0.1) is 29.1 Å². The van der Waals surface area contributed by atoms with Gasteiger partial charge in [-0.3, -0.25) is 0 Å². The molecule has 0 N–H and O–H groups in total. The first kappa shape index (κ1) is 30.9. The normalized spacial score (nSPS) is 21.5.